The van der Waals surface area contributed by atoms with Crippen LogP contribution in [-0.2, 0) is 17.9 Å². The molecule has 2 heterocycles. The Morgan fingerprint density at radius 3 is 2.33 bits per heavy atom. The average molecular weight is 409 g/mol. The van der Waals surface area contributed by atoms with Crippen LogP contribution in [0.4, 0.5) is 9.18 Å². The van der Waals surface area contributed by atoms with Gasteiger partial charge in [-0.1, -0.05) is 42.5 Å². The summed E-state index contributed by atoms with van der Waals surface area (Å²) in [7, 11) is 5.05. The molecule has 2 atom stereocenters. The number of amides is 3. The molecule has 0 radical (unpaired) electrons. The minimum Gasteiger partial charge on any atom is -0.341 e. The van der Waals surface area contributed by atoms with E-state index in [1.165, 1.54) is 24.1 Å². The first kappa shape index (κ1) is 19.9. The SMILES string of the molecule is CN(Cc1ccccc1)C1=NC2C(C(=O)N(C)C(=O)N2C)N1Cc1ccc(F)cc1. The van der Waals surface area contributed by atoms with Gasteiger partial charge in [-0.15, -0.1) is 0 Å². The molecular weight excluding hydrogens is 385 g/mol. The first-order valence-electron chi connectivity index (χ1n) is 9.75. The van der Waals surface area contributed by atoms with Gasteiger partial charge in [-0.3, -0.25) is 9.69 Å². The highest BCUT2D eigenvalue weighted by atomic mass is 19.1. The van der Waals surface area contributed by atoms with Crippen molar-refractivity contribution in [3.8, 4) is 0 Å². The predicted molar refractivity (Wildman–Crippen MR) is 111 cm³/mol. The van der Waals surface area contributed by atoms with Crippen LogP contribution >= 0.6 is 0 Å². The van der Waals surface area contributed by atoms with Crippen molar-refractivity contribution in [3.05, 3.63) is 71.5 Å². The Morgan fingerprint density at radius 2 is 1.67 bits per heavy atom. The molecule has 2 unspecified atom stereocenters. The van der Waals surface area contributed by atoms with Crippen LogP contribution in [0.15, 0.2) is 59.6 Å². The number of carbonyl (C=O) groups excluding carboxylic acids is 2. The summed E-state index contributed by atoms with van der Waals surface area (Å²) < 4.78 is 13.4. The Morgan fingerprint density at radius 1 is 1.00 bits per heavy atom. The van der Waals surface area contributed by atoms with Crippen molar-refractivity contribution >= 4 is 17.9 Å². The van der Waals surface area contributed by atoms with Gasteiger partial charge in [-0.05, 0) is 23.3 Å². The Kier molecular flexibility index (Phi) is 5.15. The van der Waals surface area contributed by atoms with Gasteiger partial charge in [0.25, 0.3) is 5.91 Å². The molecule has 0 aliphatic carbocycles. The zero-order valence-electron chi connectivity index (χ0n) is 17.2. The molecule has 0 saturated carbocycles. The number of fused-ring (bicyclic) bond motifs is 1. The van der Waals surface area contributed by atoms with Crippen molar-refractivity contribution in [2.75, 3.05) is 21.1 Å². The molecular formula is C22H24FN5O2. The standard InChI is InChI=1S/C22H24FN5O2/c1-25(13-15-7-5-4-6-8-15)21-24-19-18(20(29)27(3)22(30)26(19)2)28(21)14-16-9-11-17(23)12-10-16/h4-12,18-19H,13-14H2,1-3H3. The van der Waals surface area contributed by atoms with Crippen molar-refractivity contribution in [1.82, 2.24) is 19.6 Å². The molecule has 0 N–H and O–H groups in total. The Hall–Kier alpha value is -3.42. The van der Waals surface area contributed by atoms with E-state index < -0.39 is 12.2 Å². The van der Waals surface area contributed by atoms with Gasteiger partial charge in [0.05, 0.1) is 0 Å². The first-order valence-corrected chi connectivity index (χ1v) is 9.75. The number of hydrogen-bond acceptors (Lipinski definition) is 5. The molecule has 30 heavy (non-hydrogen) atoms. The minimum atomic E-state index is -0.629. The Bertz CT molecular complexity index is 979. The lowest BCUT2D eigenvalue weighted by Crippen LogP contribution is -2.64. The largest absolute Gasteiger partial charge is 0.341 e. The summed E-state index contributed by atoms with van der Waals surface area (Å²) in [5, 5.41) is 0. The molecule has 0 aromatic heterocycles. The normalized spacial score (nSPS) is 21.1. The third-order valence-electron chi connectivity index (χ3n) is 5.56. The molecule has 8 heteroatoms. The number of imide groups is 1. The van der Waals surface area contributed by atoms with Crippen LogP contribution < -0.4 is 0 Å². The minimum absolute atomic E-state index is 0.294. The lowest BCUT2D eigenvalue weighted by Gasteiger charge is -2.40. The van der Waals surface area contributed by atoms with Crippen molar-refractivity contribution < 1.29 is 14.0 Å². The summed E-state index contributed by atoms with van der Waals surface area (Å²) in [5.41, 5.74) is 1.96. The third kappa shape index (κ3) is 3.49. The topological polar surface area (TPSA) is 59.5 Å². The van der Waals surface area contributed by atoms with E-state index in [4.69, 9.17) is 4.99 Å². The number of carbonyl (C=O) groups is 2. The average Bonchev–Trinajstić information content (AvgIpc) is 3.12. The van der Waals surface area contributed by atoms with Gasteiger partial charge >= 0.3 is 6.03 Å². The number of hydrogen-bond donors (Lipinski definition) is 0. The van der Waals surface area contributed by atoms with Crippen LogP contribution in [0.3, 0.4) is 0 Å². The van der Waals surface area contributed by atoms with Crippen molar-refractivity contribution in [2.45, 2.75) is 25.3 Å². The van der Waals surface area contributed by atoms with Crippen molar-refractivity contribution in [3.63, 3.8) is 0 Å². The molecule has 2 aromatic carbocycles. The second-order valence-electron chi connectivity index (χ2n) is 7.67. The van der Waals surface area contributed by atoms with Gasteiger partial charge in [-0.25, -0.2) is 14.2 Å². The zero-order chi connectivity index (χ0) is 21.4. The second-order valence-corrected chi connectivity index (χ2v) is 7.67. The maximum Gasteiger partial charge on any atom is 0.328 e. The van der Waals surface area contributed by atoms with E-state index in [-0.39, 0.29) is 17.8 Å². The molecule has 2 aromatic rings. The molecule has 0 bridgehead atoms. The lowest BCUT2D eigenvalue weighted by molar-refractivity contribution is -0.136. The number of nitrogens with zero attached hydrogens (tertiary/aromatic N) is 5. The predicted octanol–water partition coefficient (Wildman–Crippen LogP) is 2.35. The van der Waals surface area contributed by atoms with E-state index in [0.29, 0.717) is 19.0 Å². The molecule has 1 fully saturated rings. The fourth-order valence-corrected chi connectivity index (χ4v) is 3.95. The fraction of sp³-hybridized carbons (Fsp3) is 0.318. The van der Waals surface area contributed by atoms with Crippen LogP contribution in [0, 0.1) is 5.82 Å². The van der Waals surface area contributed by atoms with Crippen LogP contribution in [0.25, 0.3) is 0 Å². The smallest absolute Gasteiger partial charge is 0.328 e. The van der Waals surface area contributed by atoms with E-state index in [1.807, 2.05) is 47.2 Å². The van der Waals surface area contributed by atoms with Gasteiger partial charge < -0.3 is 14.7 Å². The summed E-state index contributed by atoms with van der Waals surface area (Å²) in [6.07, 6.45) is -0.602. The maximum atomic E-state index is 13.4. The molecule has 3 amide bonds. The highest BCUT2D eigenvalue weighted by molar-refractivity contribution is 6.03. The van der Waals surface area contributed by atoms with E-state index in [0.717, 1.165) is 16.0 Å². The van der Waals surface area contributed by atoms with Gasteiger partial charge in [0.2, 0.25) is 0 Å². The van der Waals surface area contributed by atoms with E-state index in [2.05, 4.69) is 0 Å². The Balaban J connectivity index is 1.68. The van der Waals surface area contributed by atoms with Crippen molar-refractivity contribution in [2.24, 2.45) is 4.99 Å². The molecule has 2 aliphatic rings. The van der Waals surface area contributed by atoms with E-state index >= 15 is 0 Å². The molecule has 156 valence electrons. The summed E-state index contributed by atoms with van der Waals surface area (Å²) in [6.45, 7) is 0.974. The number of urea groups is 1. The van der Waals surface area contributed by atoms with Crippen molar-refractivity contribution in [1.29, 1.82) is 0 Å². The highest BCUT2D eigenvalue weighted by Crippen LogP contribution is 2.29. The van der Waals surface area contributed by atoms with Crippen LogP contribution in [0.2, 0.25) is 0 Å². The molecule has 2 aliphatic heterocycles. The van der Waals surface area contributed by atoms with Crippen LogP contribution in [0.5, 0.6) is 0 Å². The summed E-state index contributed by atoms with van der Waals surface area (Å²) >= 11 is 0. The van der Waals surface area contributed by atoms with Gasteiger partial charge in [0.15, 0.2) is 18.2 Å². The lowest BCUT2D eigenvalue weighted by atomic mass is 10.1. The summed E-state index contributed by atoms with van der Waals surface area (Å²) in [4.78, 5) is 36.7. The summed E-state index contributed by atoms with van der Waals surface area (Å²) in [6, 6.07) is 15.1. The monoisotopic (exact) mass is 409 g/mol. The second kappa shape index (κ2) is 7.78. The molecule has 7 nitrogen and oxygen atoms in total. The molecule has 1 saturated heterocycles. The molecule has 4 rings (SSSR count). The van der Waals surface area contributed by atoms with Gasteiger partial charge in [0.1, 0.15) is 5.82 Å². The third-order valence-corrected chi connectivity index (χ3v) is 5.56. The van der Waals surface area contributed by atoms with Crippen LogP contribution in [-0.4, -0.2) is 70.8 Å². The quantitative estimate of drug-likeness (QED) is 0.778. The van der Waals surface area contributed by atoms with Gasteiger partial charge in [-0.2, -0.15) is 0 Å². The first-order chi connectivity index (χ1) is 14.4. The van der Waals surface area contributed by atoms with E-state index in [1.54, 1.807) is 19.2 Å². The number of likely N-dealkylation sites (N-methyl/N-ethyl adjacent to an activating group) is 2. The Labute approximate surface area is 175 Å². The summed E-state index contributed by atoms with van der Waals surface area (Å²) in [5.74, 6) is 0.0190. The fourth-order valence-electron chi connectivity index (χ4n) is 3.95. The van der Waals surface area contributed by atoms with Gasteiger partial charge in [0, 0.05) is 34.2 Å². The maximum absolute atomic E-state index is 13.4. The number of guanidine groups is 1. The van der Waals surface area contributed by atoms with E-state index in [9.17, 15) is 14.0 Å². The number of aliphatic imine (C=N–C) groups is 1. The zero-order valence-corrected chi connectivity index (χ0v) is 17.2. The molecule has 0 spiro atoms. The highest BCUT2D eigenvalue weighted by Gasteiger charge is 2.51. The van der Waals surface area contributed by atoms with Crippen LogP contribution in [0.1, 0.15) is 11.1 Å². The number of rotatable bonds is 4. The number of halogens is 1. The number of benzene rings is 2.